The smallest absolute Gasteiger partial charge is 0.147 e. The molecule has 210 valence electrons. The number of furan rings is 1. The molecule has 0 aliphatic rings. The van der Waals surface area contributed by atoms with Gasteiger partial charge in [0.25, 0.3) is 0 Å². The predicted octanol–water partition coefficient (Wildman–Crippen LogP) is 11.4. The average molecular weight is 575 g/mol. The van der Waals surface area contributed by atoms with Crippen LogP contribution in [-0.4, -0.2) is 9.13 Å². The van der Waals surface area contributed by atoms with Gasteiger partial charge in [0.15, 0.2) is 0 Å². The van der Waals surface area contributed by atoms with Crippen molar-refractivity contribution < 1.29 is 4.42 Å². The van der Waals surface area contributed by atoms with Crippen molar-refractivity contribution in [2.45, 2.75) is 0 Å². The highest BCUT2D eigenvalue weighted by Crippen LogP contribution is 2.49. The molecule has 0 aliphatic heterocycles. The largest absolute Gasteiger partial charge is 0.455 e. The standard InChI is InChI=1S/C42H26N2O/c1-3-13-27(14-4-1)28-23-25-30(26-24-28)44-35-21-11-8-18-32(35)38-40(44)37-31-17-7-10-20-34(31)43(29-15-5-2-6-16-29)41(37)39-33-19-9-12-22-36(33)45-42(38)39/h1-26H. The molecule has 0 bridgehead atoms. The zero-order chi connectivity index (χ0) is 29.5. The van der Waals surface area contributed by atoms with Crippen molar-refractivity contribution in [1.82, 2.24) is 9.13 Å². The van der Waals surface area contributed by atoms with Gasteiger partial charge in [0, 0.05) is 32.9 Å². The maximum absolute atomic E-state index is 6.87. The Morgan fingerprint density at radius 1 is 0.356 bits per heavy atom. The van der Waals surface area contributed by atoms with Gasteiger partial charge in [0.2, 0.25) is 0 Å². The fourth-order valence-electron chi connectivity index (χ4n) is 7.43. The van der Waals surface area contributed by atoms with Crippen molar-refractivity contribution in [2.24, 2.45) is 0 Å². The van der Waals surface area contributed by atoms with E-state index in [9.17, 15) is 0 Å². The van der Waals surface area contributed by atoms with Crippen LogP contribution in [0, 0.1) is 0 Å². The highest BCUT2D eigenvalue weighted by molar-refractivity contribution is 6.39. The second-order valence-electron chi connectivity index (χ2n) is 11.7. The van der Waals surface area contributed by atoms with Crippen LogP contribution in [0.25, 0.3) is 88.1 Å². The molecule has 0 radical (unpaired) electrons. The minimum Gasteiger partial charge on any atom is -0.455 e. The highest BCUT2D eigenvalue weighted by atomic mass is 16.3. The van der Waals surface area contributed by atoms with Crippen molar-refractivity contribution in [2.75, 3.05) is 0 Å². The van der Waals surface area contributed by atoms with Gasteiger partial charge in [0.1, 0.15) is 11.2 Å². The number of para-hydroxylation sites is 4. The van der Waals surface area contributed by atoms with Crippen LogP contribution in [0.15, 0.2) is 162 Å². The summed E-state index contributed by atoms with van der Waals surface area (Å²) in [6.07, 6.45) is 0. The first kappa shape index (κ1) is 24.4. The molecule has 0 fully saturated rings. The van der Waals surface area contributed by atoms with Crippen molar-refractivity contribution >= 4 is 65.6 Å². The van der Waals surface area contributed by atoms with Gasteiger partial charge in [-0.15, -0.1) is 0 Å². The Bertz CT molecular complexity index is 2730. The monoisotopic (exact) mass is 574 g/mol. The van der Waals surface area contributed by atoms with E-state index in [-0.39, 0.29) is 0 Å². The maximum Gasteiger partial charge on any atom is 0.147 e. The molecule has 3 aromatic heterocycles. The third-order valence-corrected chi connectivity index (χ3v) is 9.29. The summed E-state index contributed by atoms with van der Waals surface area (Å²) >= 11 is 0. The number of fused-ring (bicyclic) bond motifs is 12. The van der Waals surface area contributed by atoms with E-state index in [0.29, 0.717) is 0 Å². The molecule has 7 aromatic carbocycles. The number of benzene rings is 7. The zero-order valence-corrected chi connectivity index (χ0v) is 24.3. The molecule has 0 spiro atoms. The Kier molecular flexibility index (Phi) is 5.00. The fourth-order valence-corrected chi connectivity index (χ4v) is 7.43. The molecule has 0 saturated heterocycles. The zero-order valence-electron chi connectivity index (χ0n) is 24.3. The third kappa shape index (κ3) is 3.35. The molecule has 3 heterocycles. The quantitative estimate of drug-likeness (QED) is 0.206. The molecule has 0 unspecified atom stereocenters. The maximum atomic E-state index is 6.87. The van der Waals surface area contributed by atoms with Gasteiger partial charge in [-0.2, -0.15) is 0 Å². The summed E-state index contributed by atoms with van der Waals surface area (Å²) in [5, 5.41) is 7.05. The molecular formula is C42H26N2O. The molecule has 0 N–H and O–H groups in total. The van der Waals surface area contributed by atoms with Crippen LogP contribution in [0.5, 0.6) is 0 Å². The molecule has 3 heteroatoms. The van der Waals surface area contributed by atoms with Crippen LogP contribution in [0.3, 0.4) is 0 Å². The van der Waals surface area contributed by atoms with E-state index in [4.69, 9.17) is 4.42 Å². The van der Waals surface area contributed by atoms with Gasteiger partial charge in [-0.05, 0) is 53.6 Å². The Hall–Kier alpha value is -6.06. The molecule has 0 aliphatic carbocycles. The summed E-state index contributed by atoms with van der Waals surface area (Å²) in [5.74, 6) is 0. The lowest BCUT2D eigenvalue weighted by atomic mass is 10.0. The van der Waals surface area contributed by atoms with Crippen LogP contribution in [0.2, 0.25) is 0 Å². The number of aromatic nitrogens is 2. The Morgan fingerprint density at radius 3 is 1.49 bits per heavy atom. The molecule has 0 saturated carbocycles. The summed E-state index contributed by atoms with van der Waals surface area (Å²) < 4.78 is 11.7. The van der Waals surface area contributed by atoms with Crippen molar-refractivity contribution in [3.8, 4) is 22.5 Å². The first-order chi connectivity index (χ1) is 22.4. The Balaban J connectivity index is 1.46. The van der Waals surface area contributed by atoms with Crippen LogP contribution >= 0.6 is 0 Å². The molecule has 45 heavy (non-hydrogen) atoms. The normalized spacial score (nSPS) is 12.0. The van der Waals surface area contributed by atoms with E-state index in [0.717, 1.165) is 49.7 Å². The summed E-state index contributed by atoms with van der Waals surface area (Å²) in [6.45, 7) is 0. The summed E-state index contributed by atoms with van der Waals surface area (Å²) in [4.78, 5) is 0. The molecule has 0 atom stereocenters. The molecule has 10 aromatic rings. The Labute approximate surface area is 258 Å². The number of rotatable bonds is 3. The SMILES string of the molecule is c1ccc(-c2ccc(-n3c4ccccc4c4c5oc6ccccc6c5c5c(c6ccccc6n5-c5ccccc5)c43)cc2)cc1. The van der Waals surface area contributed by atoms with E-state index in [1.807, 2.05) is 0 Å². The van der Waals surface area contributed by atoms with Gasteiger partial charge in [0.05, 0.1) is 32.8 Å². The number of hydrogen-bond acceptors (Lipinski definition) is 1. The van der Waals surface area contributed by atoms with Gasteiger partial charge >= 0.3 is 0 Å². The molecule has 0 amide bonds. The van der Waals surface area contributed by atoms with Crippen LogP contribution in [0.4, 0.5) is 0 Å². The summed E-state index contributed by atoms with van der Waals surface area (Å²) in [5.41, 5.74) is 11.1. The third-order valence-electron chi connectivity index (χ3n) is 9.29. The van der Waals surface area contributed by atoms with Gasteiger partial charge < -0.3 is 13.6 Å². The van der Waals surface area contributed by atoms with E-state index < -0.39 is 0 Å². The van der Waals surface area contributed by atoms with Gasteiger partial charge in [-0.25, -0.2) is 0 Å². The molecular weight excluding hydrogens is 548 g/mol. The average Bonchev–Trinajstić information content (AvgIpc) is 3.77. The van der Waals surface area contributed by atoms with E-state index in [1.165, 1.54) is 38.3 Å². The van der Waals surface area contributed by atoms with Gasteiger partial charge in [-0.1, -0.05) is 115 Å². The van der Waals surface area contributed by atoms with E-state index in [2.05, 4.69) is 167 Å². The van der Waals surface area contributed by atoms with Crippen LogP contribution < -0.4 is 0 Å². The second-order valence-corrected chi connectivity index (χ2v) is 11.7. The number of hydrogen-bond donors (Lipinski definition) is 0. The fraction of sp³-hybridized carbons (Fsp3) is 0. The molecule has 10 rings (SSSR count). The van der Waals surface area contributed by atoms with Gasteiger partial charge in [-0.3, -0.25) is 0 Å². The van der Waals surface area contributed by atoms with Crippen molar-refractivity contribution in [3.05, 3.63) is 158 Å². The first-order valence-electron chi connectivity index (χ1n) is 15.4. The van der Waals surface area contributed by atoms with E-state index in [1.54, 1.807) is 0 Å². The summed E-state index contributed by atoms with van der Waals surface area (Å²) in [7, 11) is 0. The summed E-state index contributed by atoms with van der Waals surface area (Å²) in [6, 6.07) is 56.2. The topological polar surface area (TPSA) is 23.0 Å². The lowest BCUT2D eigenvalue weighted by molar-refractivity contribution is 0.673. The van der Waals surface area contributed by atoms with Crippen molar-refractivity contribution in [1.29, 1.82) is 0 Å². The minimum absolute atomic E-state index is 0.898. The molecule has 3 nitrogen and oxygen atoms in total. The predicted molar refractivity (Wildman–Crippen MR) is 188 cm³/mol. The second kappa shape index (κ2) is 9.22. The van der Waals surface area contributed by atoms with Crippen LogP contribution in [-0.2, 0) is 0 Å². The lowest BCUT2D eigenvalue weighted by Crippen LogP contribution is -1.96. The lowest BCUT2D eigenvalue weighted by Gasteiger charge is -2.12. The van der Waals surface area contributed by atoms with Crippen LogP contribution in [0.1, 0.15) is 0 Å². The number of nitrogens with zero attached hydrogens (tertiary/aromatic N) is 2. The Morgan fingerprint density at radius 2 is 0.822 bits per heavy atom. The first-order valence-corrected chi connectivity index (χ1v) is 15.4. The minimum atomic E-state index is 0.898. The van der Waals surface area contributed by atoms with Crippen molar-refractivity contribution in [3.63, 3.8) is 0 Å². The highest BCUT2D eigenvalue weighted by Gasteiger charge is 2.27. The van der Waals surface area contributed by atoms with E-state index >= 15 is 0 Å².